The Balaban J connectivity index is 1.16. The van der Waals surface area contributed by atoms with Gasteiger partial charge < -0.3 is 9.13 Å². The van der Waals surface area contributed by atoms with Gasteiger partial charge in [0.2, 0.25) is 0 Å². The highest BCUT2D eigenvalue weighted by Crippen LogP contribution is 2.42. The van der Waals surface area contributed by atoms with Crippen molar-refractivity contribution in [1.29, 1.82) is 10.5 Å². The van der Waals surface area contributed by atoms with Crippen LogP contribution < -0.4 is 0 Å². The quantitative estimate of drug-likeness (QED) is 0.198. The molecule has 2 aliphatic carbocycles. The minimum Gasteiger partial charge on any atom is -0.312 e. The molecule has 0 spiro atoms. The van der Waals surface area contributed by atoms with Crippen LogP contribution in [0.1, 0.15) is 41.1 Å². The molecular weight excluding hydrogens is 585 g/mol. The summed E-state index contributed by atoms with van der Waals surface area (Å²) in [4.78, 5) is 0. The van der Waals surface area contributed by atoms with Crippen LogP contribution >= 0.6 is 0 Å². The van der Waals surface area contributed by atoms with Crippen molar-refractivity contribution in [2.24, 2.45) is 0 Å². The van der Waals surface area contributed by atoms with Crippen LogP contribution in [0, 0.1) is 22.7 Å². The van der Waals surface area contributed by atoms with Crippen molar-refractivity contribution in [2.45, 2.75) is 25.2 Å². The fourth-order valence-electron chi connectivity index (χ4n) is 7.88. The second-order valence-corrected chi connectivity index (χ2v) is 12.6. The molecule has 4 heteroatoms. The summed E-state index contributed by atoms with van der Waals surface area (Å²) in [5, 5.41) is 24.4. The Morgan fingerprint density at radius 2 is 1.31 bits per heavy atom. The van der Waals surface area contributed by atoms with Crippen molar-refractivity contribution in [3.8, 4) is 29.0 Å². The molecule has 9 rings (SSSR count). The van der Waals surface area contributed by atoms with Gasteiger partial charge in [0.05, 0.1) is 45.1 Å². The maximum Gasteiger partial charge on any atom is 0.101 e. The van der Waals surface area contributed by atoms with Crippen LogP contribution in [0.3, 0.4) is 0 Å². The van der Waals surface area contributed by atoms with Gasteiger partial charge in [0.15, 0.2) is 0 Å². The van der Waals surface area contributed by atoms with E-state index in [2.05, 4.69) is 149 Å². The average molecular weight is 615 g/mol. The highest BCUT2D eigenvalue weighted by Gasteiger charge is 2.25. The lowest BCUT2D eigenvalue weighted by molar-refractivity contribution is 0.831. The van der Waals surface area contributed by atoms with E-state index in [9.17, 15) is 10.5 Å². The second kappa shape index (κ2) is 11.2. The Morgan fingerprint density at radius 3 is 2.04 bits per heavy atom. The summed E-state index contributed by atoms with van der Waals surface area (Å²) < 4.78 is 4.63. The molecule has 0 fully saturated rings. The van der Waals surface area contributed by atoms with Gasteiger partial charge in [0.25, 0.3) is 0 Å². The zero-order valence-electron chi connectivity index (χ0n) is 26.3. The maximum atomic E-state index is 10.5. The molecule has 0 saturated heterocycles. The van der Waals surface area contributed by atoms with Gasteiger partial charge in [-0.05, 0) is 61.2 Å². The van der Waals surface area contributed by atoms with E-state index in [0.717, 1.165) is 63.9 Å². The van der Waals surface area contributed by atoms with Gasteiger partial charge in [-0.2, -0.15) is 10.5 Å². The van der Waals surface area contributed by atoms with E-state index in [0.29, 0.717) is 11.1 Å². The molecule has 7 aromatic rings. The summed E-state index contributed by atoms with van der Waals surface area (Å²) in [6.07, 6.45) is 11.5. The number of benzene rings is 5. The number of rotatable bonds is 4. The van der Waals surface area contributed by atoms with E-state index in [1.807, 2.05) is 12.1 Å². The molecule has 0 amide bonds. The molecule has 5 aromatic carbocycles. The van der Waals surface area contributed by atoms with Gasteiger partial charge in [-0.25, -0.2) is 0 Å². The smallest absolute Gasteiger partial charge is 0.101 e. The number of allylic oxidation sites excluding steroid dienone is 5. The van der Waals surface area contributed by atoms with E-state index in [4.69, 9.17) is 0 Å². The summed E-state index contributed by atoms with van der Waals surface area (Å²) in [5.41, 5.74) is 12.2. The monoisotopic (exact) mass is 614 g/mol. The van der Waals surface area contributed by atoms with Crippen LogP contribution in [0.15, 0.2) is 139 Å². The minimum atomic E-state index is 0.00726. The van der Waals surface area contributed by atoms with Crippen molar-refractivity contribution in [1.82, 2.24) is 9.13 Å². The molecule has 2 aliphatic rings. The maximum absolute atomic E-state index is 10.5. The number of para-hydroxylation sites is 4. The summed E-state index contributed by atoms with van der Waals surface area (Å²) in [5.74, 6) is 0.00726. The molecule has 48 heavy (non-hydrogen) atoms. The summed E-state index contributed by atoms with van der Waals surface area (Å²) in [7, 11) is 0. The van der Waals surface area contributed by atoms with Crippen LogP contribution in [-0.2, 0) is 6.42 Å². The molecular formula is C44H30N4. The van der Waals surface area contributed by atoms with Gasteiger partial charge in [-0.3, -0.25) is 0 Å². The molecule has 1 atom stereocenters. The second-order valence-electron chi connectivity index (χ2n) is 12.6. The van der Waals surface area contributed by atoms with Crippen LogP contribution in [0.5, 0.6) is 0 Å². The Morgan fingerprint density at radius 1 is 0.646 bits per heavy atom. The summed E-state index contributed by atoms with van der Waals surface area (Å²) in [6.45, 7) is 0. The van der Waals surface area contributed by atoms with E-state index < -0.39 is 0 Å². The number of nitriles is 2. The van der Waals surface area contributed by atoms with Crippen LogP contribution in [-0.4, -0.2) is 9.13 Å². The third-order valence-corrected chi connectivity index (χ3v) is 10.0. The molecule has 226 valence electrons. The zero-order valence-corrected chi connectivity index (χ0v) is 26.3. The SMILES string of the molecule is N#CC1=CC(c2ccc(C#N)c(-c3ccccc3-n3c4ccccc4c4ccccc43)c2)CC=C1n1c2c(c3ccccc31)C=CCC2. The molecule has 0 bridgehead atoms. The van der Waals surface area contributed by atoms with Crippen molar-refractivity contribution in [2.75, 3.05) is 0 Å². The fourth-order valence-corrected chi connectivity index (χ4v) is 7.88. The Bertz CT molecular complexity index is 2570. The zero-order chi connectivity index (χ0) is 32.2. The minimum absolute atomic E-state index is 0.00726. The third kappa shape index (κ3) is 4.20. The van der Waals surface area contributed by atoms with Gasteiger partial charge in [0.1, 0.15) is 6.07 Å². The first-order valence-electron chi connectivity index (χ1n) is 16.5. The van der Waals surface area contributed by atoms with Crippen molar-refractivity contribution >= 4 is 44.5 Å². The Labute approximate surface area is 279 Å². The predicted molar refractivity (Wildman–Crippen MR) is 196 cm³/mol. The van der Waals surface area contributed by atoms with Crippen LogP contribution in [0.25, 0.3) is 61.3 Å². The van der Waals surface area contributed by atoms with Crippen molar-refractivity contribution in [3.05, 3.63) is 161 Å². The van der Waals surface area contributed by atoms with Crippen LogP contribution in [0.2, 0.25) is 0 Å². The largest absolute Gasteiger partial charge is 0.312 e. The first kappa shape index (κ1) is 27.9. The van der Waals surface area contributed by atoms with E-state index in [1.165, 1.54) is 27.4 Å². The van der Waals surface area contributed by atoms with Gasteiger partial charge in [-0.1, -0.05) is 103 Å². The standard InChI is InChI=1S/C44H30N4/c45-27-31-22-21-30(29-23-24-39(32(25-29)28-46)47-40-16-6-1-11-33(40)34-12-2-7-17-41(34)47)26-38(31)37-15-5-10-20-44(37)48-42-18-8-3-13-35(42)36-14-4-9-19-43(36)48/h1-6,8-16,18-22,24-26,29H,7,17,23H2. The van der Waals surface area contributed by atoms with E-state index in [-0.39, 0.29) is 5.92 Å². The third-order valence-electron chi connectivity index (χ3n) is 10.0. The molecule has 2 aromatic heterocycles. The summed E-state index contributed by atoms with van der Waals surface area (Å²) >= 11 is 0. The first-order chi connectivity index (χ1) is 23.7. The molecule has 0 N–H and O–H groups in total. The lowest BCUT2D eigenvalue weighted by atomic mass is 9.85. The van der Waals surface area contributed by atoms with E-state index >= 15 is 0 Å². The topological polar surface area (TPSA) is 57.4 Å². The molecule has 0 aliphatic heterocycles. The predicted octanol–water partition coefficient (Wildman–Crippen LogP) is 10.7. The van der Waals surface area contributed by atoms with E-state index in [1.54, 1.807) is 0 Å². The van der Waals surface area contributed by atoms with Crippen molar-refractivity contribution in [3.63, 3.8) is 0 Å². The fraction of sp³-hybridized carbons (Fsp3) is 0.0909. The number of hydrogen-bond acceptors (Lipinski definition) is 2. The van der Waals surface area contributed by atoms with Gasteiger partial charge in [-0.15, -0.1) is 0 Å². The molecule has 0 radical (unpaired) electrons. The number of nitrogens with zero attached hydrogens (tertiary/aromatic N) is 4. The highest BCUT2D eigenvalue weighted by molar-refractivity contribution is 6.09. The highest BCUT2D eigenvalue weighted by atomic mass is 15.0. The lowest BCUT2D eigenvalue weighted by Gasteiger charge is -2.23. The van der Waals surface area contributed by atoms with Gasteiger partial charge in [0, 0.05) is 44.5 Å². The Kier molecular flexibility index (Phi) is 6.49. The van der Waals surface area contributed by atoms with Gasteiger partial charge >= 0.3 is 0 Å². The molecule has 0 saturated carbocycles. The number of fused-ring (bicyclic) bond motifs is 6. The van der Waals surface area contributed by atoms with Crippen LogP contribution in [0.4, 0.5) is 0 Å². The number of aromatic nitrogens is 2. The number of hydrogen-bond donors (Lipinski definition) is 0. The Hall–Kier alpha value is -6.36. The lowest BCUT2D eigenvalue weighted by Crippen LogP contribution is -2.11. The molecule has 1 unspecified atom stereocenters. The summed E-state index contributed by atoms with van der Waals surface area (Å²) in [6, 6.07) is 45.0. The normalized spacial score (nSPS) is 15.6. The average Bonchev–Trinajstić information content (AvgIpc) is 3.67. The molecule has 4 nitrogen and oxygen atoms in total. The first-order valence-corrected chi connectivity index (χ1v) is 16.5. The molecule has 2 heterocycles. The van der Waals surface area contributed by atoms with Crippen molar-refractivity contribution < 1.29 is 0 Å².